The zero-order valence-corrected chi connectivity index (χ0v) is 10.2. The maximum absolute atomic E-state index is 11.4. The standard InChI is InChI=1S/C11H21N3O3/c1-12-11(17)9-3-2-8(14-9)4-6-13-7-5-10(15)16/h8-9,13-14H,2-7H2,1H3,(H,12,17)(H,15,16). The zero-order valence-electron chi connectivity index (χ0n) is 10.2. The highest BCUT2D eigenvalue weighted by molar-refractivity contribution is 5.81. The second-order valence-electron chi connectivity index (χ2n) is 4.29. The fourth-order valence-corrected chi connectivity index (χ4v) is 2.02. The van der Waals surface area contributed by atoms with Gasteiger partial charge in [0.1, 0.15) is 0 Å². The molecule has 0 aromatic carbocycles. The van der Waals surface area contributed by atoms with Gasteiger partial charge < -0.3 is 21.1 Å². The molecule has 6 nitrogen and oxygen atoms in total. The lowest BCUT2D eigenvalue weighted by molar-refractivity contribution is -0.136. The summed E-state index contributed by atoms with van der Waals surface area (Å²) in [5, 5.41) is 17.4. The zero-order chi connectivity index (χ0) is 12.7. The summed E-state index contributed by atoms with van der Waals surface area (Å²) in [4.78, 5) is 21.6. The largest absolute Gasteiger partial charge is 0.481 e. The SMILES string of the molecule is CNC(=O)C1CCC(CCNCCC(=O)O)N1. The molecule has 1 heterocycles. The van der Waals surface area contributed by atoms with Gasteiger partial charge in [0.15, 0.2) is 0 Å². The van der Waals surface area contributed by atoms with Crippen molar-refractivity contribution in [2.24, 2.45) is 0 Å². The van der Waals surface area contributed by atoms with Gasteiger partial charge in [-0.05, 0) is 25.8 Å². The highest BCUT2D eigenvalue weighted by Gasteiger charge is 2.27. The van der Waals surface area contributed by atoms with Crippen LogP contribution in [0.15, 0.2) is 0 Å². The summed E-state index contributed by atoms with van der Waals surface area (Å²) >= 11 is 0. The Labute approximate surface area is 101 Å². The number of carbonyl (C=O) groups excluding carboxylic acids is 1. The van der Waals surface area contributed by atoms with E-state index in [1.807, 2.05) is 0 Å². The summed E-state index contributed by atoms with van der Waals surface area (Å²) in [6, 6.07) is 0.290. The van der Waals surface area contributed by atoms with Gasteiger partial charge in [0.05, 0.1) is 12.5 Å². The molecule has 4 N–H and O–H groups in total. The van der Waals surface area contributed by atoms with Crippen molar-refractivity contribution in [3.63, 3.8) is 0 Å². The minimum Gasteiger partial charge on any atom is -0.481 e. The Hall–Kier alpha value is -1.14. The van der Waals surface area contributed by atoms with Gasteiger partial charge in [0, 0.05) is 19.6 Å². The smallest absolute Gasteiger partial charge is 0.304 e. The third kappa shape index (κ3) is 5.14. The second-order valence-corrected chi connectivity index (χ2v) is 4.29. The minimum absolute atomic E-state index is 0.0475. The Balaban J connectivity index is 2.06. The first kappa shape index (κ1) is 13.9. The van der Waals surface area contributed by atoms with Crippen LogP contribution in [0.4, 0.5) is 0 Å². The average Bonchev–Trinajstić information content (AvgIpc) is 2.76. The van der Waals surface area contributed by atoms with Crippen LogP contribution in [0.3, 0.4) is 0 Å². The van der Waals surface area contributed by atoms with Gasteiger partial charge in [0.25, 0.3) is 0 Å². The van der Waals surface area contributed by atoms with Gasteiger partial charge in [-0.3, -0.25) is 9.59 Å². The molecule has 1 rings (SSSR count). The van der Waals surface area contributed by atoms with E-state index in [9.17, 15) is 9.59 Å². The van der Waals surface area contributed by atoms with Gasteiger partial charge >= 0.3 is 5.97 Å². The normalized spacial score (nSPS) is 23.6. The molecule has 0 bridgehead atoms. The van der Waals surface area contributed by atoms with Crippen LogP contribution in [0.5, 0.6) is 0 Å². The number of hydrogen-bond donors (Lipinski definition) is 4. The molecular formula is C11H21N3O3. The van der Waals surface area contributed by atoms with Crippen LogP contribution in [0.1, 0.15) is 25.7 Å². The Kier molecular flexibility index (Phi) is 5.93. The highest BCUT2D eigenvalue weighted by Crippen LogP contribution is 2.14. The van der Waals surface area contributed by atoms with E-state index in [0.717, 1.165) is 25.8 Å². The maximum Gasteiger partial charge on any atom is 0.304 e. The van der Waals surface area contributed by atoms with E-state index in [0.29, 0.717) is 12.6 Å². The lowest BCUT2D eigenvalue weighted by Gasteiger charge is -2.13. The number of likely N-dealkylation sites (N-methyl/N-ethyl adjacent to an activating group) is 1. The summed E-state index contributed by atoms with van der Waals surface area (Å²) in [6.07, 6.45) is 2.95. The predicted octanol–water partition coefficient (Wildman–Crippen LogP) is -0.693. The van der Waals surface area contributed by atoms with E-state index in [2.05, 4.69) is 16.0 Å². The molecule has 1 saturated heterocycles. The van der Waals surface area contributed by atoms with Gasteiger partial charge in [-0.2, -0.15) is 0 Å². The molecule has 1 aliphatic heterocycles. The van der Waals surface area contributed by atoms with Gasteiger partial charge in [0.2, 0.25) is 5.91 Å². The van der Waals surface area contributed by atoms with E-state index in [-0.39, 0.29) is 18.4 Å². The van der Waals surface area contributed by atoms with Crippen molar-refractivity contribution in [3.8, 4) is 0 Å². The molecule has 17 heavy (non-hydrogen) atoms. The van der Waals surface area contributed by atoms with Crippen LogP contribution in [-0.2, 0) is 9.59 Å². The van der Waals surface area contributed by atoms with Crippen LogP contribution in [0, 0.1) is 0 Å². The van der Waals surface area contributed by atoms with Crippen molar-refractivity contribution in [1.82, 2.24) is 16.0 Å². The van der Waals surface area contributed by atoms with Crippen molar-refractivity contribution in [2.45, 2.75) is 37.8 Å². The topological polar surface area (TPSA) is 90.5 Å². The Morgan fingerprint density at radius 3 is 2.76 bits per heavy atom. The van der Waals surface area contributed by atoms with E-state index >= 15 is 0 Å². The van der Waals surface area contributed by atoms with Crippen LogP contribution in [0.2, 0.25) is 0 Å². The fraction of sp³-hybridized carbons (Fsp3) is 0.818. The molecule has 0 radical (unpaired) electrons. The third-order valence-electron chi connectivity index (χ3n) is 2.99. The molecule has 0 aliphatic carbocycles. The molecule has 1 fully saturated rings. The van der Waals surface area contributed by atoms with Crippen molar-refractivity contribution in [3.05, 3.63) is 0 Å². The number of hydrogen-bond acceptors (Lipinski definition) is 4. The first-order valence-corrected chi connectivity index (χ1v) is 6.03. The van der Waals surface area contributed by atoms with Gasteiger partial charge in [-0.1, -0.05) is 0 Å². The minimum atomic E-state index is -0.781. The molecule has 2 unspecified atom stereocenters. The summed E-state index contributed by atoms with van der Waals surface area (Å²) in [5.41, 5.74) is 0. The number of amides is 1. The van der Waals surface area contributed by atoms with E-state index in [1.165, 1.54) is 0 Å². The molecule has 0 spiro atoms. The molecule has 0 aromatic heterocycles. The first-order chi connectivity index (χ1) is 8.13. The number of carbonyl (C=O) groups is 2. The lowest BCUT2D eigenvalue weighted by atomic mass is 10.1. The van der Waals surface area contributed by atoms with E-state index < -0.39 is 5.97 Å². The van der Waals surface area contributed by atoms with Gasteiger partial charge in [-0.15, -0.1) is 0 Å². The van der Waals surface area contributed by atoms with E-state index in [4.69, 9.17) is 5.11 Å². The summed E-state index contributed by atoms with van der Waals surface area (Å²) < 4.78 is 0. The summed E-state index contributed by atoms with van der Waals surface area (Å²) in [5.74, 6) is -0.734. The number of carboxylic acids is 1. The second kappa shape index (κ2) is 7.24. The first-order valence-electron chi connectivity index (χ1n) is 6.03. The monoisotopic (exact) mass is 243 g/mol. The fourth-order valence-electron chi connectivity index (χ4n) is 2.02. The Morgan fingerprint density at radius 2 is 2.12 bits per heavy atom. The third-order valence-corrected chi connectivity index (χ3v) is 2.99. The molecule has 1 aliphatic rings. The quantitative estimate of drug-likeness (QED) is 0.444. The van der Waals surface area contributed by atoms with Crippen LogP contribution in [0.25, 0.3) is 0 Å². The molecule has 0 aromatic rings. The number of carboxylic acid groups (broad SMARTS) is 1. The molecular weight excluding hydrogens is 222 g/mol. The Morgan fingerprint density at radius 1 is 1.35 bits per heavy atom. The lowest BCUT2D eigenvalue weighted by Crippen LogP contribution is -2.42. The van der Waals surface area contributed by atoms with Crippen molar-refractivity contribution < 1.29 is 14.7 Å². The molecule has 0 saturated carbocycles. The average molecular weight is 243 g/mol. The number of aliphatic carboxylic acids is 1. The molecule has 2 atom stereocenters. The number of rotatable bonds is 7. The van der Waals surface area contributed by atoms with Crippen molar-refractivity contribution in [1.29, 1.82) is 0 Å². The Bertz CT molecular complexity index is 271. The summed E-state index contributed by atoms with van der Waals surface area (Å²) in [6.45, 7) is 1.28. The molecule has 1 amide bonds. The molecule has 6 heteroatoms. The summed E-state index contributed by atoms with van der Waals surface area (Å²) in [7, 11) is 1.64. The van der Waals surface area contributed by atoms with E-state index in [1.54, 1.807) is 7.05 Å². The van der Waals surface area contributed by atoms with Crippen molar-refractivity contribution in [2.75, 3.05) is 20.1 Å². The van der Waals surface area contributed by atoms with Crippen molar-refractivity contribution >= 4 is 11.9 Å². The van der Waals surface area contributed by atoms with Gasteiger partial charge in [-0.25, -0.2) is 0 Å². The number of nitrogens with one attached hydrogen (secondary N) is 3. The maximum atomic E-state index is 11.4. The highest BCUT2D eigenvalue weighted by atomic mass is 16.4. The van der Waals surface area contributed by atoms with Crippen LogP contribution in [-0.4, -0.2) is 49.2 Å². The molecule has 98 valence electrons. The van der Waals surface area contributed by atoms with Crippen LogP contribution < -0.4 is 16.0 Å². The predicted molar refractivity (Wildman–Crippen MR) is 63.8 cm³/mol. The van der Waals surface area contributed by atoms with Crippen LogP contribution >= 0.6 is 0 Å².